The van der Waals surface area contributed by atoms with Crippen LogP contribution in [0.4, 0.5) is 8.78 Å². The van der Waals surface area contributed by atoms with Crippen LogP contribution in [0, 0.1) is 17.6 Å². The molecular formula is C23H24F2N2O2. The van der Waals surface area contributed by atoms with Crippen molar-refractivity contribution in [2.45, 2.75) is 38.3 Å². The van der Waals surface area contributed by atoms with Gasteiger partial charge in [0, 0.05) is 23.7 Å². The zero-order chi connectivity index (χ0) is 20.8. The second-order valence-electron chi connectivity index (χ2n) is 7.28. The van der Waals surface area contributed by atoms with Crippen LogP contribution < -0.4 is 10.6 Å². The number of halogens is 2. The predicted molar refractivity (Wildman–Crippen MR) is 107 cm³/mol. The Balaban J connectivity index is 1.74. The summed E-state index contributed by atoms with van der Waals surface area (Å²) in [5.74, 6) is -1.75. The molecule has 3 rings (SSSR count). The third-order valence-corrected chi connectivity index (χ3v) is 5.32. The topological polar surface area (TPSA) is 58.2 Å². The smallest absolute Gasteiger partial charge is 0.251 e. The van der Waals surface area contributed by atoms with Crippen molar-refractivity contribution >= 4 is 11.8 Å². The molecule has 152 valence electrons. The molecule has 29 heavy (non-hydrogen) atoms. The van der Waals surface area contributed by atoms with E-state index in [4.69, 9.17) is 0 Å². The number of hydrogen-bond donors (Lipinski definition) is 2. The average molecular weight is 398 g/mol. The molecule has 0 bridgehead atoms. The van der Waals surface area contributed by atoms with Gasteiger partial charge in [0.05, 0.1) is 6.04 Å². The van der Waals surface area contributed by atoms with E-state index in [0.29, 0.717) is 17.7 Å². The van der Waals surface area contributed by atoms with Gasteiger partial charge in [-0.1, -0.05) is 37.6 Å². The zero-order valence-electron chi connectivity index (χ0n) is 16.1. The fraction of sp³-hybridized carbons (Fsp3) is 0.304. The van der Waals surface area contributed by atoms with Crippen molar-refractivity contribution in [3.63, 3.8) is 0 Å². The first kappa shape index (κ1) is 20.7. The molecule has 0 radical (unpaired) electrons. The van der Waals surface area contributed by atoms with Crippen LogP contribution in [-0.2, 0) is 11.3 Å². The normalized spacial score (nSPS) is 15.0. The minimum absolute atomic E-state index is 0.118. The van der Waals surface area contributed by atoms with Crippen molar-refractivity contribution in [2.75, 3.05) is 0 Å². The molecule has 2 aromatic carbocycles. The van der Waals surface area contributed by atoms with E-state index < -0.39 is 17.7 Å². The average Bonchev–Trinajstić information content (AvgIpc) is 3.25. The zero-order valence-corrected chi connectivity index (χ0v) is 16.1. The Labute approximate surface area is 169 Å². The van der Waals surface area contributed by atoms with Gasteiger partial charge in [0.15, 0.2) is 0 Å². The summed E-state index contributed by atoms with van der Waals surface area (Å²) >= 11 is 0. The third-order valence-electron chi connectivity index (χ3n) is 5.32. The Hall–Kier alpha value is -3.02. The summed E-state index contributed by atoms with van der Waals surface area (Å²) in [5, 5.41) is 5.62. The van der Waals surface area contributed by atoms with E-state index in [1.807, 2.05) is 0 Å². The van der Waals surface area contributed by atoms with Gasteiger partial charge < -0.3 is 10.6 Å². The van der Waals surface area contributed by atoms with Crippen LogP contribution in [-0.4, -0.2) is 11.8 Å². The first-order valence-corrected chi connectivity index (χ1v) is 9.73. The summed E-state index contributed by atoms with van der Waals surface area (Å²) in [7, 11) is 0. The predicted octanol–water partition coefficient (Wildman–Crippen LogP) is 4.43. The molecule has 1 fully saturated rings. The molecule has 0 saturated heterocycles. The number of rotatable bonds is 7. The summed E-state index contributed by atoms with van der Waals surface area (Å²) in [4.78, 5) is 24.0. The van der Waals surface area contributed by atoms with Gasteiger partial charge >= 0.3 is 0 Å². The van der Waals surface area contributed by atoms with Gasteiger partial charge in [-0.3, -0.25) is 9.59 Å². The fourth-order valence-electron chi connectivity index (χ4n) is 3.75. The molecule has 0 spiro atoms. The molecule has 1 aliphatic rings. The largest absolute Gasteiger partial charge is 0.348 e. The number of nitrogens with one attached hydrogen (secondary N) is 2. The monoisotopic (exact) mass is 398 g/mol. The first-order valence-electron chi connectivity index (χ1n) is 9.73. The van der Waals surface area contributed by atoms with Crippen LogP contribution in [0.25, 0.3) is 0 Å². The lowest BCUT2D eigenvalue weighted by Gasteiger charge is -2.26. The molecule has 0 aromatic heterocycles. The number of carbonyl (C=O) groups is 2. The second kappa shape index (κ2) is 9.45. The van der Waals surface area contributed by atoms with Gasteiger partial charge in [0.1, 0.15) is 11.6 Å². The molecule has 2 N–H and O–H groups in total. The van der Waals surface area contributed by atoms with Crippen molar-refractivity contribution in [3.05, 3.63) is 83.4 Å². The molecule has 2 aromatic rings. The lowest BCUT2D eigenvalue weighted by molar-refractivity contribution is -0.116. The maximum atomic E-state index is 14.4. The van der Waals surface area contributed by atoms with Gasteiger partial charge in [-0.2, -0.15) is 0 Å². The van der Waals surface area contributed by atoms with E-state index in [1.54, 1.807) is 24.3 Å². The number of benzene rings is 2. The SMILES string of the molecule is C=CC(=O)NCc1ccc(C(=O)NC(c2ccc(F)cc2F)C2CCCC2)cc1. The number of amides is 2. The highest BCUT2D eigenvalue weighted by Crippen LogP contribution is 2.37. The standard InChI is InChI=1S/C23H24F2N2O2/c1-2-21(28)26-14-15-7-9-17(10-8-15)23(29)27-22(16-5-3-4-6-16)19-12-11-18(24)13-20(19)25/h2,7-13,16,22H,1,3-6,14H2,(H,26,28)(H,27,29). The van der Waals surface area contributed by atoms with Gasteiger partial charge in [-0.25, -0.2) is 8.78 Å². The lowest BCUT2D eigenvalue weighted by Crippen LogP contribution is -2.33. The van der Waals surface area contributed by atoms with Crippen LogP contribution in [0.3, 0.4) is 0 Å². The summed E-state index contributed by atoms with van der Waals surface area (Å²) in [6.07, 6.45) is 5.04. The van der Waals surface area contributed by atoms with Crippen molar-refractivity contribution in [1.29, 1.82) is 0 Å². The van der Waals surface area contributed by atoms with Gasteiger partial charge in [-0.15, -0.1) is 0 Å². The Morgan fingerprint density at radius 2 is 1.79 bits per heavy atom. The summed E-state index contributed by atoms with van der Waals surface area (Å²) in [6, 6.07) is 9.82. The van der Waals surface area contributed by atoms with E-state index in [2.05, 4.69) is 17.2 Å². The second-order valence-corrected chi connectivity index (χ2v) is 7.28. The summed E-state index contributed by atoms with van der Waals surface area (Å²) in [5.41, 5.74) is 1.60. The molecule has 0 heterocycles. The fourth-order valence-corrected chi connectivity index (χ4v) is 3.75. The van der Waals surface area contributed by atoms with E-state index in [0.717, 1.165) is 37.3 Å². The van der Waals surface area contributed by atoms with Crippen molar-refractivity contribution in [1.82, 2.24) is 10.6 Å². The Bertz CT molecular complexity index is 890. The first-order chi connectivity index (χ1) is 14.0. The third kappa shape index (κ3) is 5.28. The van der Waals surface area contributed by atoms with Crippen LogP contribution in [0.2, 0.25) is 0 Å². The quantitative estimate of drug-likeness (QED) is 0.678. The van der Waals surface area contributed by atoms with Gasteiger partial charge in [0.25, 0.3) is 5.91 Å². The Morgan fingerprint density at radius 3 is 2.41 bits per heavy atom. The van der Waals surface area contributed by atoms with Crippen molar-refractivity contribution in [3.8, 4) is 0 Å². The maximum absolute atomic E-state index is 14.4. The lowest BCUT2D eigenvalue weighted by atomic mass is 9.91. The summed E-state index contributed by atoms with van der Waals surface area (Å²) in [6.45, 7) is 3.73. The highest BCUT2D eigenvalue weighted by molar-refractivity contribution is 5.94. The van der Waals surface area contributed by atoms with Crippen LogP contribution in [0.5, 0.6) is 0 Å². The highest BCUT2D eigenvalue weighted by Gasteiger charge is 2.30. The Kier molecular flexibility index (Phi) is 6.75. The molecule has 4 nitrogen and oxygen atoms in total. The number of hydrogen-bond acceptors (Lipinski definition) is 2. The molecular weight excluding hydrogens is 374 g/mol. The van der Waals surface area contributed by atoms with E-state index >= 15 is 0 Å². The molecule has 1 atom stereocenters. The van der Waals surface area contributed by atoms with E-state index in [1.165, 1.54) is 18.2 Å². The Morgan fingerprint density at radius 1 is 1.10 bits per heavy atom. The van der Waals surface area contributed by atoms with Crippen LogP contribution in [0.15, 0.2) is 55.1 Å². The molecule has 2 amide bonds. The minimum Gasteiger partial charge on any atom is -0.348 e. The summed E-state index contributed by atoms with van der Waals surface area (Å²) < 4.78 is 27.7. The molecule has 1 unspecified atom stereocenters. The molecule has 1 saturated carbocycles. The van der Waals surface area contributed by atoms with Gasteiger partial charge in [0.2, 0.25) is 5.91 Å². The minimum atomic E-state index is -0.643. The van der Waals surface area contributed by atoms with Crippen LogP contribution in [0.1, 0.15) is 53.2 Å². The van der Waals surface area contributed by atoms with Crippen molar-refractivity contribution in [2.24, 2.45) is 5.92 Å². The van der Waals surface area contributed by atoms with Crippen LogP contribution >= 0.6 is 0 Å². The molecule has 0 aliphatic heterocycles. The maximum Gasteiger partial charge on any atom is 0.251 e. The number of carbonyl (C=O) groups excluding carboxylic acids is 2. The van der Waals surface area contributed by atoms with Crippen molar-refractivity contribution < 1.29 is 18.4 Å². The van der Waals surface area contributed by atoms with Gasteiger partial charge in [-0.05, 0) is 48.6 Å². The molecule has 1 aliphatic carbocycles. The molecule has 6 heteroatoms. The highest BCUT2D eigenvalue weighted by atomic mass is 19.1. The van der Waals surface area contributed by atoms with E-state index in [9.17, 15) is 18.4 Å². The van der Waals surface area contributed by atoms with E-state index in [-0.39, 0.29) is 17.7 Å².